The number of aryl methyl sites for hydroxylation is 3. The molecule has 2 heterocycles. The van der Waals surface area contributed by atoms with Gasteiger partial charge in [0.25, 0.3) is 11.8 Å². The maximum Gasteiger partial charge on any atom is 0.335 e. The lowest BCUT2D eigenvalue weighted by Crippen LogP contribution is -2.54. The van der Waals surface area contributed by atoms with E-state index < -0.39 is 17.8 Å². The van der Waals surface area contributed by atoms with E-state index >= 15 is 0 Å². The lowest BCUT2D eigenvalue weighted by Gasteiger charge is -2.26. The SMILES string of the molecule is CCc1ccc(-n2c(C)cc(C=C3C(=O)NC(=O)N(c4ccc(C)c(Cl)c4)C3=O)c2C)cc1. The molecule has 1 fully saturated rings. The van der Waals surface area contributed by atoms with Gasteiger partial charge in [-0.3, -0.25) is 14.9 Å². The van der Waals surface area contributed by atoms with E-state index in [1.165, 1.54) is 17.7 Å². The quantitative estimate of drug-likeness (QED) is 0.424. The lowest BCUT2D eigenvalue weighted by atomic mass is 10.1. The smallest absolute Gasteiger partial charge is 0.318 e. The standard InChI is InChI=1S/C26H24ClN3O3/c1-5-18-7-10-20(11-8-18)29-16(3)12-19(17(29)4)13-22-24(31)28-26(33)30(25(22)32)21-9-6-15(2)23(27)14-21/h6-14H,5H2,1-4H3,(H,28,31,33). The molecular formula is C26H24ClN3O3. The summed E-state index contributed by atoms with van der Waals surface area (Å²) in [6.07, 6.45) is 2.49. The number of halogens is 1. The molecule has 1 aliphatic rings. The van der Waals surface area contributed by atoms with Gasteiger partial charge in [-0.15, -0.1) is 0 Å². The third kappa shape index (κ3) is 4.10. The zero-order valence-electron chi connectivity index (χ0n) is 18.9. The second-order valence-electron chi connectivity index (χ2n) is 8.07. The van der Waals surface area contributed by atoms with Crippen molar-refractivity contribution in [2.24, 2.45) is 0 Å². The Bertz CT molecular complexity index is 1320. The van der Waals surface area contributed by atoms with E-state index in [-0.39, 0.29) is 5.57 Å². The van der Waals surface area contributed by atoms with Gasteiger partial charge in [0.1, 0.15) is 5.57 Å². The van der Waals surface area contributed by atoms with Gasteiger partial charge in [-0.25, -0.2) is 9.69 Å². The molecule has 1 N–H and O–H groups in total. The first-order chi connectivity index (χ1) is 15.7. The van der Waals surface area contributed by atoms with Crippen molar-refractivity contribution in [2.75, 3.05) is 4.90 Å². The number of nitrogens with one attached hydrogen (secondary N) is 1. The van der Waals surface area contributed by atoms with Gasteiger partial charge in [0.15, 0.2) is 0 Å². The molecule has 3 aromatic rings. The number of benzene rings is 2. The number of anilines is 1. The molecule has 0 atom stereocenters. The number of urea groups is 1. The Morgan fingerprint density at radius 1 is 0.939 bits per heavy atom. The molecule has 4 amide bonds. The van der Waals surface area contributed by atoms with E-state index in [2.05, 4.69) is 41.1 Å². The van der Waals surface area contributed by atoms with Crippen molar-refractivity contribution in [2.45, 2.75) is 34.1 Å². The molecule has 0 saturated carbocycles. The first-order valence-electron chi connectivity index (χ1n) is 10.7. The van der Waals surface area contributed by atoms with Gasteiger partial charge in [-0.1, -0.05) is 36.7 Å². The fourth-order valence-electron chi connectivity index (χ4n) is 3.98. The van der Waals surface area contributed by atoms with Crippen LogP contribution in [-0.2, 0) is 16.0 Å². The fraction of sp³-hybridized carbons (Fsp3) is 0.192. The summed E-state index contributed by atoms with van der Waals surface area (Å²) in [6.45, 7) is 7.83. The summed E-state index contributed by atoms with van der Waals surface area (Å²) in [5, 5.41) is 2.68. The Kier molecular flexibility index (Phi) is 5.95. The maximum atomic E-state index is 13.2. The molecule has 0 spiro atoms. The monoisotopic (exact) mass is 461 g/mol. The average molecular weight is 462 g/mol. The number of rotatable bonds is 4. The fourth-order valence-corrected chi connectivity index (χ4v) is 4.15. The van der Waals surface area contributed by atoms with Crippen LogP contribution in [0.1, 0.15) is 35.0 Å². The van der Waals surface area contributed by atoms with Crippen LogP contribution in [0.2, 0.25) is 5.02 Å². The van der Waals surface area contributed by atoms with Crippen molar-refractivity contribution in [1.29, 1.82) is 0 Å². The Hall–Kier alpha value is -3.64. The van der Waals surface area contributed by atoms with E-state index in [1.54, 1.807) is 12.1 Å². The molecule has 168 valence electrons. The number of hydrogen-bond donors (Lipinski definition) is 1. The molecule has 0 unspecified atom stereocenters. The highest BCUT2D eigenvalue weighted by Gasteiger charge is 2.37. The molecule has 1 aromatic heterocycles. The van der Waals surface area contributed by atoms with Crippen LogP contribution >= 0.6 is 11.6 Å². The van der Waals surface area contributed by atoms with Crippen LogP contribution in [0.4, 0.5) is 10.5 Å². The first-order valence-corrected chi connectivity index (χ1v) is 11.0. The Morgan fingerprint density at radius 3 is 2.24 bits per heavy atom. The van der Waals surface area contributed by atoms with E-state index in [9.17, 15) is 14.4 Å². The van der Waals surface area contributed by atoms with Crippen molar-refractivity contribution in [3.8, 4) is 5.69 Å². The minimum Gasteiger partial charge on any atom is -0.318 e. The first kappa shape index (κ1) is 22.6. The number of nitrogens with zero attached hydrogens (tertiary/aromatic N) is 2. The van der Waals surface area contributed by atoms with Crippen LogP contribution < -0.4 is 10.2 Å². The maximum absolute atomic E-state index is 13.2. The number of carbonyl (C=O) groups excluding carboxylic acids is 3. The van der Waals surface area contributed by atoms with Crippen LogP contribution in [0.15, 0.2) is 54.1 Å². The molecule has 0 bridgehead atoms. The van der Waals surface area contributed by atoms with Gasteiger partial charge in [-0.2, -0.15) is 0 Å². The summed E-state index contributed by atoms with van der Waals surface area (Å²) in [5.41, 5.74) is 5.81. The second kappa shape index (κ2) is 8.71. The van der Waals surface area contributed by atoms with E-state index in [4.69, 9.17) is 11.6 Å². The van der Waals surface area contributed by atoms with Gasteiger partial charge < -0.3 is 4.57 Å². The lowest BCUT2D eigenvalue weighted by molar-refractivity contribution is -0.122. The van der Waals surface area contributed by atoms with Crippen molar-refractivity contribution in [3.05, 3.63) is 87.2 Å². The summed E-state index contributed by atoms with van der Waals surface area (Å²) < 4.78 is 2.07. The van der Waals surface area contributed by atoms with Crippen LogP contribution in [-0.4, -0.2) is 22.4 Å². The third-order valence-corrected chi connectivity index (χ3v) is 6.30. The normalized spacial score (nSPS) is 15.4. The van der Waals surface area contributed by atoms with Gasteiger partial charge in [0.2, 0.25) is 0 Å². The van der Waals surface area contributed by atoms with E-state index in [1.807, 2.05) is 26.8 Å². The van der Waals surface area contributed by atoms with Crippen molar-refractivity contribution >= 4 is 41.2 Å². The van der Waals surface area contributed by atoms with Gasteiger partial charge >= 0.3 is 6.03 Å². The Balaban J connectivity index is 1.74. The summed E-state index contributed by atoms with van der Waals surface area (Å²) in [5.74, 6) is -1.42. The van der Waals surface area contributed by atoms with Gasteiger partial charge in [0.05, 0.1) is 5.69 Å². The van der Waals surface area contributed by atoms with Gasteiger partial charge in [0, 0.05) is 22.1 Å². The van der Waals surface area contributed by atoms with Crippen LogP contribution in [0.25, 0.3) is 11.8 Å². The molecule has 1 aliphatic heterocycles. The summed E-state index contributed by atoms with van der Waals surface area (Å²) in [4.78, 5) is 39.2. The Labute approximate surface area is 197 Å². The van der Waals surface area contributed by atoms with Crippen molar-refractivity contribution in [1.82, 2.24) is 9.88 Å². The zero-order chi connectivity index (χ0) is 23.9. The van der Waals surface area contributed by atoms with E-state index in [0.29, 0.717) is 10.7 Å². The van der Waals surface area contributed by atoms with E-state index in [0.717, 1.165) is 39.5 Å². The molecule has 33 heavy (non-hydrogen) atoms. The highest BCUT2D eigenvalue weighted by atomic mass is 35.5. The molecule has 0 aliphatic carbocycles. The summed E-state index contributed by atoms with van der Waals surface area (Å²) >= 11 is 6.19. The third-order valence-electron chi connectivity index (χ3n) is 5.89. The predicted molar refractivity (Wildman–Crippen MR) is 130 cm³/mol. The number of barbiturate groups is 1. The molecule has 1 saturated heterocycles. The van der Waals surface area contributed by atoms with Crippen molar-refractivity contribution < 1.29 is 14.4 Å². The number of aromatic nitrogens is 1. The molecular weight excluding hydrogens is 438 g/mol. The number of hydrogen-bond acceptors (Lipinski definition) is 3. The molecule has 7 heteroatoms. The summed E-state index contributed by atoms with van der Waals surface area (Å²) in [6, 6.07) is 14.3. The molecule has 4 rings (SSSR count). The highest BCUT2D eigenvalue weighted by Crippen LogP contribution is 2.28. The largest absolute Gasteiger partial charge is 0.335 e. The average Bonchev–Trinajstić information content (AvgIpc) is 3.06. The second-order valence-corrected chi connectivity index (χ2v) is 8.48. The minimum absolute atomic E-state index is 0.118. The summed E-state index contributed by atoms with van der Waals surface area (Å²) in [7, 11) is 0. The molecule has 2 aromatic carbocycles. The number of amides is 4. The predicted octanol–water partition coefficient (Wildman–Crippen LogP) is 5.28. The minimum atomic E-state index is -0.802. The Morgan fingerprint density at radius 2 is 1.61 bits per heavy atom. The zero-order valence-corrected chi connectivity index (χ0v) is 19.7. The topological polar surface area (TPSA) is 71.4 Å². The van der Waals surface area contributed by atoms with Crippen molar-refractivity contribution in [3.63, 3.8) is 0 Å². The van der Waals surface area contributed by atoms with Gasteiger partial charge in [-0.05, 0) is 80.3 Å². The van der Waals surface area contributed by atoms with Crippen LogP contribution in [0, 0.1) is 20.8 Å². The number of imide groups is 2. The molecule has 6 nitrogen and oxygen atoms in total. The number of carbonyl (C=O) groups is 3. The highest BCUT2D eigenvalue weighted by molar-refractivity contribution is 6.39. The van der Waals surface area contributed by atoms with Crippen LogP contribution in [0.3, 0.4) is 0 Å². The van der Waals surface area contributed by atoms with Crippen LogP contribution in [0.5, 0.6) is 0 Å². The molecule has 0 radical (unpaired) electrons.